The molecule has 0 nitrogen and oxygen atoms in total. The highest BCUT2D eigenvalue weighted by atomic mass is 14.2. The van der Waals surface area contributed by atoms with E-state index >= 15 is 0 Å². The van der Waals surface area contributed by atoms with Gasteiger partial charge in [0.2, 0.25) is 0 Å². The zero-order chi connectivity index (χ0) is 17.4. The van der Waals surface area contributed by atoms with Gasteiger partial charge in [0.25, 0.3) is 0 Å². The Hall–Kier alpha value is -1.82. The Morgan fingerprint density at radius 2 is 1.38 bits per heavy atom. The number of hydrogen-bond acceptors (Lipinski definition) is 0. The van der Waals surface area contributed by atoms with Gasteiger partial charge in [-0.05, 0) is 57.6 Å². The molecule has 0 N–H and O–H groups in total. The molecule has 0 radical (unpaired) electrons. The minimum Gasteiger partial charge on any atom is -0.0626 e. The molecule has 0 spiro atoms. The van der Waals surface area contributed by atoms with Crippen molar-refractivity contribution in [2.75, 3.05) is 0 Å². The molecule has 2 aromatic carbocycles. The predicted molar refractivity (Wildman–Crippen MR) is 107 cm³/mol. The van der Waals surface area contributed by atoms with Crippen molar-refractivity contribution < 1.29 is 0 Å². The van der Waals surface area contributed by atoms with E-state index in [0.717, 1.165) is 6.42 Å². The Morgan fingerprint density at radius 1 is 0.750 bits per heavy atom. The smallest absolute Gasteiger partial charge is 0.00550 e. The Bertz CT molecular complexity index is 746. The monoisotopic (exact) mass is 318 g/mol. The standard InChI is InChI=1S/C24H30/c1-15(2)19-11-20(16(3)4)13-22(12-19)23-9-7-8-18-10-21(17(5)6)14-24(18)23/h7-9,11-17H,10H2,1-6H3. The summed E-state index contributed by atoms with van der Waals surface area (Å²) in [5.74, 6) is 1.74. The fourth-order valence-corrected chi connectivity index (χ4v) is 3.52. The first kappa shape index (κ1) is 17.0. The van der Waals surface area contributed by atoms with Crippen molar-refractivity contribution in [3.05, 3.63) is 64.2 Å². The summed E-state index contributed by atoms with van der Waals surface area (Å²) in [5.41, 5.74) is 10.1. The van der Waals surface area contributed by atoms with Crippen molar-refractivity contribution in [2.45, 2.75) is 59.8 Å². The quantitative estimate of drug-likeness (QED) is 0.559. The highest BCUT2D eigenvalue weighted by Gasteiger charge is 2.19. The molecule has 0 aromatic heterocycles. The maximum atomic E-state index is 2.44. The lowest BCUT2D eigenvalue weighted by molar-refractivity contribution is 0.754. The molecule has 0 heteroatoms. The van der Waals surface area contributed by atoms with Crippen molar-refractivity contribution in [1.82, 2.24) is 0 Å². The lowest BCUT2D eigenvalue weighted by atomic mass is 9.89. The van der Waals surface area contributed by atoms with Crippen molar-refractivity contribution in [3.8, 4) is 11.1 Å². The third kappa shape index (κ3) is 3.20. The van der Waals surface area contributed by atoms with Crippen LogP contribution in [0.25, 0.3) is 17.2 Å². The topological polar surface area (TPSA) is 0 Å². The van der Waals surface area contributed by atoms with Crippen LogP contribution in [0.3, 0.4) is 0 Å². The molecule has 0 atom stereocenters. The van der Waals surface area contributed by atoms with E-state index in [2.05, 4.69) is 84.0 Å². The average molecular weight is 319 g/mol. The van der Waals surface area contributed by atoms with Crippen LogP contribution in [0.4, 0.5) is 0 Å². The molecule has 0 aliphatic heterocycles. The third-order valence-corrected chi connectivity index (χ3v) is 5.28. The molecule has 0 saturated carbocycles. The number of hydrogen-bond donors (Lipinski definition) is 0. The number of benzene rings is 2. The summed E-state index contributed by atoms with van der Waals surface area (Å²) in [5, 5.41) is 0. The molecule has 1 aliphatic carbocycles. The fourth-order valence-electron chi connectivity index (χ4n) is 3.52. The molecule has 0 heterocycles. The van der Waals surface area contributed by atoms with Gasteiger partial charge in [-0.25, -0.2) is 0 Å². The van der Waals surface area contributed by atoms with E-state index < -0.39 is 0 Å². The molecule has 0 bridgehead atoms. The van der Waals surface area contributed by atoms with Crippen LogP contribution in [0.15, 0.2) is 42.0 Å². The van der Waals surface area contributed by atoms with Gasteiger partial charge in [-0.3, -0.25) is 0 Å². The summed E-state index contributed by atoms with van der Waals surface area (Å²) in [7, 11) is 0. The zero-order valence-corrected chi connectivity index (χ0v) is 16.0. The minimum absolute atomic E-state index is 0.556. The van der Waals surface area contributed by atoms with E-state index in [9.17, 15) is 0 Å². The predicted octanol–water partition coefficient (Wildman–Crippen LogP) is 7.20. The van der Waals surface area contributed by atoms with Crippen LogP contribution >= 0.6 is 0 Å². The maximum Gasteiger partial charge on any atom is -0.00550 e. The van der Waals surface area contributed by atoms with Crippen LogP contribution in [0.2, 0.25) is 0 Å². The van der Waals surface area contributed by atoms with Crippen LogP contribution < -0.4 is 0 Å². The van der Waals surface area contributed by atoms with Gasteiger partial charge < -0.3 is 0 Å². The van der Waals surface area contributed by atoms with Gasteiger partial charge in [-0.2, -0.15) is 0 Å². The van der Waals surface area contributed by atoms with Crippen LogP contribution in [0.5, 0.6) is 0 Å². The second-order valence-corrected chi connectivity index (χ2v) is 8.13. The largest absolute Gasteiger partial charge is 0.0626 e. The first-order valence-electron chi connectivity index (χ1n) is 9.34. The van der Waals surface area contributed by atoms with Crippen LogP contribution in [0.1, 0.15) is 75.6 Å². The highest BCUT2D eigenvalue weighted by Crippen LogP contribution is 2.38. The first-order valence-corrected chi connectivity index (χ1v) is 9.34. The number of allylic oxidation sites excluding steroid dienone is 1. The van der Waals surface area contributed by atoms with Crippen molar-refractivity contribution in [2.24, 2.45) is 5.92 Å². The lowest BCUT2D eigenvalue weighted by Crippen LogP contribution is -1.96. The van der Waals surface area contributed by atoms with Crippen LogP contribution in [0, 0.1) is 5.92 Å². The van der Waals surface area contributed by atoms with Gasteiger partial charge in [0, 0.05) is 0 Å². The molecule has 0 saturated heterocycles. The molecule has 0 unspecified atom stereocenters. The summed E-state index contributed by atoms with van der Waals surface area (Å²) < 4.78 is 0. The molecular weight excluding hydrogens is 288 g/mol. The summed E-state index contributed by atoms with van der Waals surface area (Å²) in [6.07, 6.45) is 3.55. The summed E-state index contributed by atoms with van der Waals surface area (Å²) in [4.78, 5) is 0. The van der Waals surface area contributed by atoms with E-state index in [1.807, 2.05) is 0 Å². The first-order chi connectivity index (χ1) is 11.4. The second-order valence-electron chi connectivity index (χ2n) is 8.13. The lowest BCUT2D eigenvalue weighted by Gasteiger charge is -2.16. The minimum atomic E-state index is 0.556. The molecule has 0 fully saturated rings. The van der Waals surface area contributed by atoms with E-state index in [4.69, 9.17) is 0 Å². The fraction of sp³-hybridized carbons (Fsp3) is 0.417. The zero-order valence-electron chi connectivity index (χ0n) is 16.0. The van der Waals surface area contributed by atoms with Crippen molar-refractivity contribution in [1.29, 1.82) is 0 Å². The van der Waals surface area contributed by atoms with E-state index in [1.165, 1.54) is 33.4 Å². The average Bonchev–Trinajstić information content (AvgIpc) is 2.98. The maximum absolute atomic E-state index is 2.44. The van der Waals surface area contributed by atoms with Gasteiger partial charge >= 0.3 is 0 Å². The van der Waals surface area contributed by atoms with Gasteiger partial charge in [0.15, 0.2) is 0 Å². The molecule has 1 aliphatic rings. The Balaban J connectivity index is 2.16. The van der Waals surface area contributed by atoms with Crippen LogP contribution in [-0.2, 0) is 6.42 Å². The van der Waals surface area contributed by atoms with Crippen LogP contribution in [-0.4, -0.2) is 0 Å². The van der Waals surface area contributed by atoms with E-state index in [0.29, 0.717) is 17.8 Å². The molecule has 3 rings (SSSR count). The summed E-state index contributed by atoms with van der Waals surface area (Å²) in [6, 6.07) is 14.0. The summed E-state index contributed by atoms with van der Waals surface area (Å²) >= 11 is 0. The normalized spacial score (nSPS) is 13.8. The Labute approximate surface area is 147 Å². The SMILES string of the molecule is CC(C)C1=Cc2c(cccc2-c2cc(C(C)C)cc(C(C)C)c2)C1. The third-order valence-electron chi connectivity index (χ3n) is 5.28. The second kappa shape index (κ2) is 6.59. The van der Waals surface area contributed by atoms with Gasteiger partial charge in [0.1, 0.15) is 0 Å². The van der Waals surface area contributed by atoms with Gasteiger partial charge in [-0.15, -0.1) is 0 Å². The number of fused-ring (bicyclic) bond motifs is 1. The van der Waals surface area contributed by atoms with Gasteiger partial charge in [-0.1, -0.05) is 89.6 Å². The van der Waals surface area contributed by atoms with Crippen molar-refractivity contribution in [3.63, 3.8) is 0 Å². The molecular formula is C24H30. The van der Waals surface area contributed by atoms with E-state index in [-0.39, 0.29) is 0 Å². The summed E-state index contributed by atoms with van der Waals surface area (Å²) in [6.45, 7) is 13.7. The highest BCUT2D eigenvalue weighted by molar-refractivity contribution is 5.81. The molecule has 126 valence electrons. The molecule has 24 heavy (non-hydrogen) atoms. The Kier molecular flexibility index (Phi) is 4.67. The number of rotatable bonds is 4. The van der Waals surface area contributed by atoms with Crippen molar-refractivity contribution >= 4 is 6.08 Å². The van der Waals surface area contributed by atoms with E-state index in [1.54, 1.807) is 5.57 Å². The Morgan fingerprint density at radius 3 is 1.92 bits per heavy atom. The molecule has 0 amide bonds. The van der Waals surface area contributed by atoms with Gasteiger partial charge in [0.05, 0.1) is 0 Å². The molecule has 2 aromatic rings.